The van der Waals surface area contributed by atoms with E-state index in [9.17, 15) is 14.7 Å². The Hall–Kier alpha value is -1.34. The van der Waals surface area contributed by atoms with Crippen LogP contribution in [0.2, 0.25) is 0 Å². The van der Waals surface area contributed by atoms with Gasteiger partial charge >= 0.3 is 5.97 Å². The highest BCUT2D eigenvalue weighted by atomic mass is 32.2. The maximum atomic E-state index is 12.2. The molecule has 0 aromatic heterocycles. The number of carboxylic acid groups (broad SMARTS) is 1. The van der Waals surface area contributed by atoms with Crippen LogP contribution in [-0.2, 0) is 9.59 Å². The zero-order chi connectivity index (χ0) is 18.4. The Morgan fingerprint density at radius 1 is 1.08 bits per heavy atom. The van der Waals surface area contributed by atoms with Gasteiger partial charge in [0.15, 0.2) is 6.61 Å². The Kier molecular flexibility index (Phi) is 6.75. The second-order valence-corrected chi connectivity index (χ2v) is 9.51. The van der Waals surface area contributed by atoms with Crippen molar-refractivity contribution in [2.75, 3.05) is 18.1 Å². The molecule has 0 atom stereocenters. The molecule has 1 saturated carbocycles. The van der Waals surface area contributed by atoms with Crippen molar-refractivity contribution in [3.8, 4) is 5.75 Å². The van der Waals surface area contributed by atoms with Crippen LogP contribution in [0.25, 0.3) is 0 Å². The van der Waals surface area contributed by atoms with Crippen molar-refractivity contribution in [1.29, 1.82) is 0 Å². The topological polar surface area (TPSA) is 75.6 Å². The molecule has 2 aliphatic rings. The minimum Gasteiger partial charge on any atom is -0.484 e. The average Bonchev–Trinajstić information content (AvgIpc) is 2.68. The lowest BCUT2D eigenvalue weighted by Gasteiger charge is -2.33. The second kappa shape index (κ2) is 9.04. The Morgan fingerprint density at radius 3 is 2.35 bits per heavy atom. The average molecular weight is 396 g/mol. The van der Waals surface area contributed by atoms with E-state index in [1.54, 1.807) is 0 Å². The molecule has 1 aliphatic heterocycles. The van der Waals surface area contributed by atoms with Crippen molar-refractivity contribution in [2.45, 2.75) is 48.6 Å². The van der Waals surface area contributed by atoms with Crippen LogP contribution < -0.4 is 10.1 Å². The molecule has 7 heteroatoms. The SMILES string of the molecule is O=C(COc1ccc(C2SCCCS2)cc1)NC1(C(=O)O)CCCCC1. The van der Waals surface area contributed by atoms with Gasteiger partial charge in [0, 0.05) is 0 Å². The molecule has 1 aliphatic carbocycles. The van der Waals surface area contributed by atoms with Crippen molar-refractivity contribution < 1.29 is 19.4 Å². The largest absolute Gasteiger partial charge is 0.484 e. The van der Waals surface area contributed by atoms with Gasteiger partial charge in [-0.25, -0.2) is 4.79 Å². The van der Waals surface area contributed by atoms with Crippen molar-refractivity contribution in [1.82, 2.24) is 5.32 Å². The molecular formula is C19H25NO4S2. The number of thioether (sulfide) groups is 2. The number of amides is 1. The first-order valence-electron chi connectivity index (χ1n) is 9.09. The molecule has 1 aromatic rings. The summed E-state index contributed by atoms with van der Waals surface area (Å²) in [5.74, 6) is 1.69. The molecule has 0 unspecified atom stereocenters. The summed E-state index contributed by atoms with van der Waals surface area (Å²) in [5.41, 5.74) is 0.140. The number of hydrogen-bond acceptors (Lipinski definition) is 5. The maximum absolute atomic E-state index is 12.2. The molecule has 1 saturated heterocycles. The van der Waals surface area contributed by atoms with E-state index in [0.717, 1.165) is 19.3 Å². The quantitative estimate of drug-likeness (QED) is 0.762. The summed E-state index contributed by atoms with van der Waals surface area (Å²) in [7, 11) is 0. The molecule has 0 radical (unpaired) electrons. The molecule has 5 nitrogen and oxygen atoms in total. The number of hydrogen-bond donors (Lipinski definition) is 2. The third-order valence-corrected chi connectivity index (χ3v) is 7.86. The first-order chi connectivity index (χ1) is 12.6. The van der Waals surface area contributed by atoms with E-state index in [0.29, 0.717) is 23.2 Å². The highest BCUT2D eigenvalue weighted by Crippen LogP contribution is 2.43. The molecular weight excluding hydrogens is 370 g/mol. The minimum atomic E-state index is -1.13. The Bertz CT molecular complexity index is 623. The third-order valence-electron chi connectivity index (χ3n) is 4.84. The van der Waals surface area contributed by atoms with E-state index < -0.39 is 11.5 Å². The van der Waals surface area contributed by atoms with Gasteiger partial charge in [-0.05, 0) is 48.5 Å². The zero-order valence-electron chi connectivity index (χ0n) is 14.7. The number of nitrogens with one attached hydrogen (secondary N) is 1. The minimum absolute atomic E-state index is 0.165. The Morgan fingerprint density at radius 2 is 1.73 bits per heavy atom. The van der Waals surface area contributed by atoms with Gasteiger partial charge in [-0.1, -0.05) is 31.4 Å². The number of ether oxygens (including phenoxy) is 1. The van der Waals surface area contributed by atoms with Crippen molar-refractivity contribution in [2.24, 2.45) is 0 Å². The predicted molar refractivity (Wildman–Crippen MR) is 106 cm³/mol. The molecule has 1 amide bonds. The van der Waals surface area contributed by atoms with E-state index in [4.69, 9.17) is 4.74 Å². The lowest BCUT2D eigenvalue weighted by molar-refractivity contribution is -0.149. The van der Waals surface area contributed by atoms with Gasteiger partial charge < -0.3 is 15.2 Å². The van der Waals surface area contributed by atoms with Crippen LogP contribution in [-0.4, -0.2) is 40.6 Å². The van der Waals surface area contributed by atoms with E-state index >= 15 is 0 Å². The standard InChI is InChI=1S/C19H25NO4S2/c21-16(20-19(18(22)23)9-2-1-3-10-19)13-24-15-7-5-14(6-8-15)17-25-11-4-12-26-17/h5-8,17H,1-4,9-13H2,(H,20,21)(H,22,23). The summed E-state index contributed by atoms with van der Waals surface area (Å²) in [6.07, 6.45) is 4.91. The van der Waals surface area contributed by atoms with E-state index in [1.165, 1.54) is 23.5 Å². The van der Waals surface area contributed by atoms with Crippen LogP contribution in [0.5, 0.6) is 5.75 Å². The van der Waals surface area contributed by atoms with Gasteiger partial charge in [0.1, 0.15) is 11.3 Å². The van der Waals surface area contributed by atoms with Gasteiger partial charge in [-0.15, -0.1) is 23.5 Å². The van der Waals surface area contributed by atoms with E-state index in [2.05, 4.69) is 5.32 Å². The van der Waals surface area contributed by atoms with Crippen molar-refractivity contribution >= 4 is 35.4 Å². The molecule has 26 heavy (non-hydrogen) atoms. The summed E-state index contributed by atoms with van der Waals surface area (Å²) in [6.45, 7) is -0.165. The van der Waals surface area contributed by atoms with Gasteiger partial charge in [0.25, 0.3) is 5.91 Å². The Balaban J connectivity index is 1.51. The number of carbonyl (C=O) groups excluding carboxylic acids is 1. The van der Waals surface area contributed by atoms with Crippen LogP contribution in [0.1, 0.15) is 48.7 Å². The monoisotopic (exact) mass is 395 g/mol. The molecule has 1 heterocycles. The predicted octanol–water partition coefficient (Wildman–Crippen LogP) is 3.84. The van der Waals surface area contributed by atoms with Gasteiger partial charge in [0.2, 0.25) is 0 Å². The molecule has 2 N–H and O–H groups in total. The molecule has 3 rings (SSSR count). The number of rotatable bonds is 6. The van der Waals surface area contributed by atoms with Crippen LogP contribution in [0.3, 0.4) is 0 Å². The van der Waals surface area contributed by atoms with Crippen LogP contribution in [0, 0.1) is 0 Å². The molecule has 142 valence electrons. The fourth-order valence-electron chi connectivity index (χ4n) is 3.40. The molecule has 0 spiro atoms. The van der Waals surface area contributed by atoms with Crippen molar-refractivity contribution in [3.05, 3.63) is 29.8 Å². The summed E-state index contributed by atoms with van der Waals surface area (Å²) in [4.78, 5) is 23.8. The smallest absolute Gasteiger partial charge is 0.329 e. The lowest BCUT2D eigenvalue weighted by Crippen LogP contribution is -2.56. The summed E-state index contributed by atoms with van der Waals surface area (Å²) in [5, 5.41) is 12.2. The maximum Gasteiger partial charge on any atom is 0.329 e. The third kappa shape index (κ3) is 4.88. The highest BCUT2D eigenvalue weighted by molar-refractivity contribution is 8.16. The number of aliphatic carboxylic acids is 1. The zero-order valence-corrected chi connectivity index (χ0v) is 16.4. The summed E-state index contributed by atoms with van der Waals surface area (Å²) in [6, 6.07) is 7.85. The molecule has 1 aromatic carbocycles. The second-order valence-electron chi connectivity index (χ2n) is 6.78. The fourth-order valence-corrected chi connectivity index (χ4v) is 6.30. The number of carboxylic acids is 1. The first-order valence-corrected chi connectivity index (χ1v) is 11.2. The van der Waals surface area contributed by atoms with Crippen LogP contribution in [0.15, 0.2) is 24.3 Å². The van der Waals surface area contributed by atoms with Gasteiger partial charge in [0.05, 0.1) is 4.58 Å². The number of benzene rings is 1. The summed E-state index contributed by atoms with van der Waals surface area (Å²) >= 11 is 3.93. The molecule has 0 bridgehead atoms. The summed E-state index contributed by atoms with van der Waals surface area (Å²) < 4.78 is 6.03. The van der Waals surface area contributed by atoms with Crippen molar-refractivity contribution in [3.63, 3.8) is 0 Å². The van der Waals surface area contributed by atoms with Gasteiger partial charge in [-0.2, -0.15) is 0 Å². The Labute approximate surface area is 162 Å². The van der Waals surface area contributed by atoms with E-state index in [-0.39, 0.29) is 12.5 Å². The number of carbonyl (C=O) groups is 2. The fraction of sp³-hybridized carbons (Fsp3) is 0.579. The normalized spacial score (nSPS) is 20.3. The molecule has 2 fully saturated rings. The van der Waals surface area contributed by atoms with E-state index in [1.807, 2.05) is 47.8 Å². The van der Waals surface area contributed by atoms with Crippen LogP contribution in [0.4, 0.5) is 0 Å². The van der Waals surface area contributed by atoms with Gasteiger partial charge in [-0.3, -0.25) is 4.79 Å². The highest BCUT2D eigenvalue weighted by Gasteiger charge is 2.40. The first kappa shape index (κ1) is 19.4. The van der Waals surface area contributed by atoms with Crippen LogP contribution >= 0.6 is 23.5 Å². The lowest BCUT2D eigenvalue weighted by atomic mass is 9.81.